The van der Waals surface area contributed by atoms with E-state index in [0.717, 1.165) is 37.4 Å². The Hall–Kier alpha value is -1.53. The van der Waals surface area contributed by atoms with Crippen LogP contribution in [0.5, 0.6) is 0 Å². The number of pyridine rings is 1. The van der Waals surface area contributed by atoms with Gasteiger partial charge >= 0.3 is 0 Å². The molecule has 0 unspecified atom stereocenters. The minimum absolute atomic E-state index is 0.361. The molecule has 0 radical (unpaired) electrons. The van der Waals surface area contributed by atoms with Crippen LogP contribution in [-0.2, 0) is 10.4 Å². The lowest BCUT2D eigenvalue weighted by Crippen LogP contribution is -2.36. The van der Waals surface area contributed by atoms with Crippen molar-refractivity contribution in [1.82, 2.24) is 20.3 Å². The van der Waals surface area contributed by atoms with Crippen LogP contribution in [0, 0.1) is 0 Å². The predicted octanol–water partition coefficient (Wildman–Crippen LogP) is 2.40. The number of H-pyrrole nitrogens is 1. The van der Waals surface area contributed by atoms with Crippen molar-refractivity contribution < 1.29 is 9.13 Å². The SMILES string of the molecule is FC1(c2ccnc3nc(C4CCOCC4)[nH]c23)CCNCC1. The number of aromatic amines is 1. The number of halogens is 1. The molecule has 0 aliphatic carbocycles. The van der Waals surface area contributed by atoms with Gasteiger partial charge in [-0.3, -0.25) is 0 Å². The Labute approximate surface area is 128 Å². The molecule has 0 bridgehead atoms. The summed E-state index contributed by atoms with van der Waals surface area (Å²) < 4.78 is 20.8. The van der Waals surface area contributed by atoms with Crippen molar-refractivity contribution in [2.45, 2.75) is 37.3 Å². The molecule has 2 aromatic heterocycles. The summed E-state index contributed by atoms with van der Waals surface area (Å²) in [4.78, 5) is 12.3. The average Bonchev–Trinajstić information content (AvgIpc) is 3.00. The van der Waals surface area contributed by atoms with Gasteiger partial charge in [0.2, 0.25) is 0 Å². The van der Waals surface area contributed by atoms with Crippen molar-refractivity contribution in [2.75, 3.05) is 26.3 Å². The molecular formula is C16H21FN4O. The number of alkyl halides is 1. The van der Waals surface area contributed by atoms with Crippen LogP contribution in [0.15, 0.2) is 12.3 Å². The summed E-state index contributed by atoms with van der Waals surface area (Å²) in [5.74, 6) is 1.29. The second kappa shape index (κ2) is 5.59. The molecule has 22 heavy (non-hydrogen) atoms. The average molecular weight is 304 g/mol. The van der Waals surface area contributed by atoms with Crippen LogP contribution in [0.2, 0.25) is 0 Å². The van der Waals surface area contributed by atoms with E-state index in [-0.39, 0.29) is 0 Å². The summed E-state index contributed by atoms with van der Waals surface area (Å²) in [6.07, 6.45) is 4.59. The van der Waals surface area contributed by atoms with Gasteiger partial charge in [-0.25, -0.2) is 14.4 Å². The molecule has 0 amide bonds. The molecular weight excluding hydrogens is 283 g/mol. The number of nitrogens with one attached hydrogen (secondary N) is 2. The van der Waals surface area contributed by atoms with Gasteiger partial charge in [0.15, 0.2) is 5.65 Å². The van der Waals surface area contributed by atoms with Crippen molar-refractivity contribution in [3.8, 4) is 0 Å². The summed E-state index contributed by atoms with van der Waals surface area (Å²) >= 11 is 0. The largest absolute Gasteiger partial charge is 0.381 e. The molecule has 2 fully saturated rings. The molecule has 2 N–H and O–H groups in total. The molecule has 2 aliphatic heterocycles. The number of hydrogen-bond acceptors (Lipinski definition) is 4. The maximum absolute atomic E-state index is 15.4. The number of aromatic nitrogens is 3. The summed E-state index contributed by atoms with van der Waals surface area (Å²) in [7, 11) is 0. The lowest BCUT2D eigenvalue weighted by atomic mass is 9.87. The van der Waals surface area contributed by atoms with Crippen molar-refractivity contribution in [3.05, 3.63) is 23.7 Å². The molecule has 5 nitrogen and oxygen atoms in total. The fourth-order valence-electron chi connectivity index (χ4n) is 3.56. The number of fused-ring (bicyclic) bond motifs is 1. The monoisotopic (exact) mass is 304 g/mol. The van der Waals surface area contributed by atoms with Crippen LogP contribution in [0.25, 0.3) is 11.2 Å². The van der Waals surface area contributed by atoms with E-state index < -0.39 is 5.67 Å². The standard InChI is InChI=1S/C16H21FN4O/c17-16(4-7-18-8-5-16)12-1-6-19-15-13(12)20-14(21-15)11-2-9-22-10-3-11/h1,6,11,18H,2-5,7-10H2,(H,19,20,21). The van der Waals surface area contributed by atoms with Crippen molar-refractivity contribution in [2.24, 2.45) is 0 Å². The third kappa shape index (κ3) is 2.40. The van der Waals surface area contributed by atoms with Gasteiger partial charge in [0, 0.05) is 30.9 Å². The summed E-state index contributed by atoms with van der Waals surface area (Å²) in [6.45, 7) is 2.95. The fourth-order valence-corrected chi connectivity index (χ4v) is 3.56. The van der Waals surface area contributed by atoms with Gasteiger partial charge in [0.25, 0.3) is 0 Å². The van der Waals surface area contributed by atoms with Crippen LogP contribution in [0.4, 0.5) is 4.39 Å². The molecule has 118 valence electrons. The molecule has 2 aromatic rings. The van der Waals surface area contributed by atoms with E-state index in [1.807, 2.05) is 0 Å². The quantitative estimate of drug-likeness (QED) is 0.894. The Morgan fingerprint density at radius 2 is 2.00 bits per heavy atom. The van der Waals surface area contributed by atoms with Gasteiger partial charge in [-0.2, -0.15) is 0 Å². The highest BCUT2D eigenvalue weighted by Crippen LogP contribution is 2.38. The number of ether oxygens (including phenoxy) is 1. The molecule has 4 heterocycles. The van der Waals surface area contributed by atoms with Crippen molar-refractivity contribution >= 4 is 11.2 Å². The first-order valence-electron chi connectivity index (χ1n) is 8.09. The summed E-state index contributed by atoms with van der Waals surface area (Å²) in [5.41, 5.74) is 0.832. The Morgan fingerprint density at radius 3 is 2.77 bits per heavy atom. The molecule has 4 rings (SSSR count). The fraction of sp³-hybridized carbons (Fsp3) is 0.625. The topological polar surface area (TPSA) is 62.8 Å². The highest BCUT2D eigenvalue weighted by Gasteiger charge is 2.36. The first kappa shape index (κ1) is 14.1. The number of piperidine rings is 1. The number of imidazole rings is 1. The number of rotatable bonds is 2. The van der Waals surface area contributed by atoms with E-state index in [1.54, 1.807) is 12.3 Å². The van der Waals surface area contributed by atoms with Crippen LogP contribution in [0.3, 0.4) is 0 Å². The van der Waals surface area contributed by atoms with Gasteiger partial charge in [-0.15, -0.1) is 0 Å². The zero-order valence-corrected chi connectivity index (χ0v) is 12.6. The van der Waals surface area contributed by atoms with Crippen molar-refractivity contribution in [3.63, 3.8) is 0 Å². The van der Waals surface area contributed by atoms with Crippen LogP contribution < -0.4 is 5.32 Å². The predicted molar refractivity (Wildman–Crippen MR) is 81.6 cm³/mol. The second-order valence-corrected chi connectivity index (χ2v) is 6.28. The normalized spacial score (nSPS) is 23.0. The van der Waals surface area contributed by atoms with E-state index in [0.29, 0.717) is 43.1 Å². The van der Waals surface area contributed by atoms with E-state index in [4.69, 9.17) is 4.74 Å². The minimum Gasteiger partial charge on any atom is -0.381 e. The Balaban J connectivity index is 1.74. The van der Waals surface area contributed by atoms with E-state index in [1.165, 1.54) is 0 Å². The molecule has 0 atom stereocenters. The first-order valence-corrected chi connectivity index (χ1v) is 8.09. The summed E-state index contributed by atoms with van der Waals surface area (Å²) in [5, 5.41) is 3.22. The van der Waals surface area contributed by atoms with E-state index in [2.05, 4.69) is 20.3 Å². The number of hydrogen-bond donors (Lipinski definition) is 2. The maximum atomic E-state index is 15.4. The lowest BCUT2D eigenvalue weighted by Gasteiger charge is -2.30. The van der Waals surface area contributed by atoms with Crippen LogP contribution in [-0.4, -0.2) is 41.3 Å². The zero-order valence-electron chi connectivity index (χ0n) is 12.6. The van der Waals surface area contributed by atoms with E-state index >= 15 is 4.39 Å². The highest BCUT2D eigenvalue weighted by molar-refractivity contribution is 5.76. The van der Waals surface area contributed by atoms with E-state index in [9.17, 15) is 0 Å². The van der Waals surface area contributed by atoms with Crippen molar-refractivity contribution in [1.29, 1.82) is 0 Å². The van der Waals surface area contributed by atoms with Gasteiger partial charge < -0.3 is 15.0 Å². The molecule has 2 saturated heterocycles. The molecule has 0 spiro atoms. The lowest BCUT2D eigenvalue weighted by molar-refractivity contribution is 0.0838. The van der Waals surface area contributed by atoms with Gasteiger partial charge in [0.1, 0.15) is 11.5 Å². The third-order valence-electron chi connectivity index (χ3n) is 4.90. The van der Waals surface area contributed by atoms with Gasteiger partial charge in [-0.05, 0) is 44.8 Å². The maximum Gasteiger partial charge on any atom is 0.178 e. The minimum atomic E-state index is -1.29. The number of nitrogens with zero attached hydrogens (tertiary/aromatic N) is 2. The molecule has 0 aromatic carbocycles. The first-order chi connectivity index (χ1) is 10.8. The Kier molecular flexibility index (Phi) is 3.58. The molecule has 6 heteroatoms. The smallest absolute Gasteiger partial charge is 0.178 e. The second-order valence-electron chi connectivity index (χ2n) is 6.28. The van der Waals surface area contributed by atoms with Crippen LogP contribution in [0.1, 0.15) is 43.0 Å². The molecule has 0 saturated carbocycles. The van der Waals surface area contributed by atoms with Gasteiger partial charge in [-0.1, -0.05) is 0 Å². The van der Waals surface area contributed by atoms with Gasteiger partial charge in [0.05, 0.1) is 5.52 Å². The summed E-state index contributed by atoms with van der Waals surface area (Å²) in [6, 6.07) is 1.81. The molecule has 2 aliphatic rings. The Bertz CT molecular complexity index is 659. The van der Waals surface area contributed by atoms with Crippen LogP contribution >= 0.6 is 0 Å². The Morgan fingerprint density at radius 1 is 1.23 bits per heavy atom. The zero-order chi connectivity index (χ0) is 15.0. The highest BCUT2D eigenvalue weighted by atomic mass is 19.1. The third-order valence-corrected chi connectivity index (χ3v) is 4.90.